The zero-order valence-electron chi connectivity index (χ0n) is 30.0. The summed E-state index contributed by atoms with van der Waals surface area (Å²) in [5, 5.41) is 7.33. The van der Waals surface area contributed by atoms with Crippen molar-refractivity contribution in [1.82, 2.24) is 19.5 Å². The molecule has 2 heterocycles. The Kier molecular flexibility index (Phi) is 6.56. The molecule has 1 aliphatic rings. The van der Waals surface area contributed by atoms with Crippen molar-refractivity contribution in [2.45, 2.75) is 19.3 Å². The Labute approximate surface area is 313 Å². The van der Waals surface area contributed by atoms with Gasteiger partial charge in [-0.05, 0) is 73.1 Å². The molecule has 0 N–H and O–H groups in total. The SMILES string of the molecule is CC1(C)c2ccccc2-c2c1c1c(c3ccccc23)c2cc(-c3ccc4ccccc4c3)ccc2n1-c1nc(-c2ccccc2)nc(-c2ccccc2)n1. The van der Waals surface area contributed by atoms with Crippen molar-refractivity contribution in [2.75, 3.05) is 0 Å². The molecule has 54 heavy (non-hydrogen) atoms. The average Bonchev–Trinajstić information content (AvgIpc) is 3.70. The lowest BCUT2D eigenvalue weighted by atomic mass is 9.80. The van der Waals surface area contributed by atoms with E-state index in [0.717, 1.165) is 22.2 Å². The van der Waals surface area contributed by atoms with E-state index in [1.165, 1.54) is 65.7 Å². The Morgan fingerprint density at radius 3 is 1.80 bits per heavy atom. The van der Waals surface area contributed by atoms with E-state index >= 15 is 0 Å². The van der Waals surface area contributed by atoms with Crippen LogP contribution in [0.15, 0.2) is 170 Å². The van der Waals surface area contributed by atoms with Crippen LogP contribution in [-0.4, -0.2) is 19.5 Å². The molecule has 11 rings (SSSR count). The van der Waals surface area contributed by atoms with Gasteiger partial charge in [0.2, 0.25) is 5.95 Å². The lowest BCUT2D eigenvalue weighted by Gasteiger charge is -2.24. The van der Waals surface area contributed by atoms with E-state index in [1.54, 1.807) is 0 Å². The Morgan fingerprint density at radius 1 is 0.463 bits per heavy atom. The second kappa shape index (κ2) is 11.5. The molecule has 0 amide bonds. The van der Waals surface area contributed by atoms with Gasteiger partial charge in [0.05, 0.1) is 11.0 Å². The fourth-order valence-corrected chi connectivity index (χ4v) is 8.90. The van der Waals surface area contributed by atoms with E-state index in [2.05, 4.69) is 152 Å². The van der Waals surface area contributed by atoms with Gasteiger partial charge in [0, 0.05) is 27.3 Å². The zero-order chi connectivity index (χ0) is 36.0. The van der Waals surface area contributed by atoms with E-state index < -0.39 is 0 Å². The Hall–Kier alpha value is -6.91. The fraction of sp³-hybridized carbons (Fsp3) is 0.0600. The van der Waals surface area contributed by atoms with Crippen LogP contribution < -0.4 is 0 Å². The normalized spacial score (nSPS) is 13.1. The minimum atomic E-state index is -0.293. The molecule has 0 bridgehead atoms. The maximum Gasteiger partial charge on any atom is 0.238 e. The number of fused-ring (bicyclic) bond motifs is 11. The molecule has 0 atom stereocenters. The zero-order valence-corrected chi connectivity index (χ0v) is 30.0. The molecule has 10 aromatic rings. The molecule has 8 aromatic carbocycles. The van der Waals surface area contributed by atoms with Gasteiger partial charge in [-0.25, -0.2) is 4.98 Å². The summed E-state index contributed by atoms with van der Waals surface area (Å²) < 4.78 is 2.33. The van der Waals surface area contributed by atoms with Gasteiger partial charge in [-0.1, -0.05) is 166 Å². The van der Waals surface area contributed by atoms with Crippen LogP contribution in [0.4, 0.5) is 0 Å². The first-order valence-electron chi connectivity index (χ1n) is 18.5. The molecule has 254 valence electrons. The highest BCUT2D eigenvalue weighted by atomic mass is 15.2. The van der Waals surface area contributed by atoms with E-state index in [4.69, 9.17) is 15.0 Å². The van der Waals surface area contributed by atoms with Crippen LogP contribution in [0.3, 0.4) is 0 Å². The Balaban J connectivity index is 1.31. The maximum atomic E-state index is 5.33. The van der Waals surface area contributed by atoms with Crippen molar-refractivity contribution in [3.8, 4) is 51.0 Å². The van der Waals surface area contributed by atoms with Crippen molar-refractivity contribution in [2.24, 2.45) is 0 Å². The van der Waals surface area contributed by atoms with Crippen LogP contribution in [0.5, 0.6) is 0 Å². The van der Waals surface area contributed by atoms with E-state index in [1.807, 2.05) is 36.4 Å². The Morgan fingerprint density at radius 2 is 1.06 bits per heavy atom. The van der Waals surface area contributed by atoms with Crippen LogP contribution in [0.1, 0.15) is 25.0 Å². The van der Waals surface area contributed by atoms with Gasteiger partial charge in [0.1, 0.15) is 0 Å². The van der Waals surface area contributed by atoms with Crippen LogP contribution in [-0.2, 0) is 5.41 Å². The molecular formula is C50H34N4. The number of aromatic nitrogens is 4. The molecule has 0 saturated carbocycles. The van der Waals surface area contributed by atoms with E-state index in [-0.39, 0.29) is 5.41 Å². The molecule has 4 heteroatoms. The van der Waals surface area contributed by atoms with Gasteiger partial charge in [-0.2, -0.15) is 9.97 Å². The number of nitrogens with zero attached hydrogens (tertiary/aromatic N) is 4. The van der Waals surface area contributed by atoms with Crippen molar-refractivity contribution < 1.29 is 0 Å². The van der Waals surface area contributed by atoms with Crippen LogP contribution in [0, 0.1) is 0 Å². The lowest BCUT2D eigenvalue weighted by Crippen LogP contribution is -2.17. The van der Waals surface area contributed by atoms with Gasteiger partial charge in [0.25, 0.3) is 0 Å². The summed E-state index contributed by atoms with van der Waals surface area (Å²) in [4.78, 5) is 15.7. The third kappa shape index (κ3) is 4.47. The largest absolute Gasteiger partial charge is 0.277 e. The van der Waals surface area contributed by atoms with E-state index in [0.29, 0.717) is 17.6 Å². The molecule has 0 unspecified atom stereocenters. The summed E-state index contributed by atoms with van der Waals surface area (Å²) in [5.41, 5.74) is 11.4. The summed E-state index contributed by atoms with van der Waals surface area (Å²) in [6.45, 7) is 4.74. The molecule has 2 aromatic heterocycles. The van der Waals surface area contributed by atoms with Crippen LogP contribution in [0.25, 0.3) is 94.3 Å². The molecule has 0 radical (unpaired) electrons. The van der Waals surface area contributed by atoms with Crippen molar-refractivity contribution in [1.29, 1.82) is 0 Å². The summed E-state index contributed by atoms with van der Waals surface area (Å²) in [6, 6.07) is 60.5. The predicted octanol–water partition coefficient (Wildman–Crippen LogP) is 12.6. The number of benzene rings is 8. The van der Waals surface area contributed by atoms with E-state index in [9.17, 15) is 0 Å². The summed E-state index contributed by atoms with van der Waals surface area (Å²) in [5.74, 6) is 1.88. The van der Waals surface area contributed by atoms with Gasteiger partial charge in [-0.15, -0.1) is 0 Å². The van der Waals surface area contributed by atoms with Crippen molar-refractivity contribution >= 4 is 43.4 Å². The first-order chi connectivity index (χ1) is 26.5. The molecular weight excluding hydrogens is 657 g/mol. The molecule has 0 spiro atoms. The smallest absolute Gasteiger partial charge is 0.238 e. The molecule has 4 nitrogen and oxygen atoms in total. The standard InChI is InChI=1S/C50H34N4/c1-50(2)41-24-14-13-23-39(41)43-37-21-11-12-22-38(37)44-40-30-36(35-26-25-31-15-9-10-20-34(31)29-35)27-28-42(40)54(46(44)45(43)50)49-52-47(32-16-5-3-6-17-32)51-48(53-49)33-18-7-4-8-19-33/h3-30H,1-2H3. The summed E-state index contributed by atoms with van der Waals surface area (Å²) >= 11 is 0. The lowest BCUT2D eigenvalue weighted by molar-refractivity contribution is 0.663. The van der Waals surface area contributed by atoms with Crippen molar-refractivity contribution in [3.63, 3.8) is 0 Å². The highest BCUT2D eigenvalue weighted by molar-refractivity contribution is 6.27. The third-order valence-electron chi connectivity index (χ3n) is 11.4. The van der Waals surface area contributed by atoms with Crippen LogP contribution >= 0.6 is 0 Å². The van der Waals surface area contributed by atoms with Gasteiger partial charge < -0.3 is 0 Å². The fourth-order valence-electron chi connectivity index (χ4n) is 8.90. The number of hydrogen-bond acceptors (Lipinski definition) is 3. The summed E-state index contributed by atoms with van der Waals surface area (Å²) in [7, 11) is 0. The minimum absolute atomic E-state index is 0.293. The molecule has 0 fully saturated rings. The highest BCUT2D eigenvalue weighted by Crippen LogP contribution is 2.56. The quantitative estimate of drug-likeness (QED) is 0.185. The number of hydrogen-bond donors (Lipinski definition) is 0. The van der Waals surface area contributed by atoms with Gasteiger partial charge in [0.15, 0.2) is 11.6 Å². The average molecular weight is 691 g/mol. The maximum absolute atomic E-state index is 5.33. The Bertz CT molecular complexity index is 3060. The monoisotopic (exact) mass is 690 g/mol. The molecule has 0 saturated heterocycles. The van der Waals surface area contributed by atoms with Gasteiger partial charge >= 0.3 is 0 Å². The second-order valence-electron chi connectivity index (χ2n) is 14.8. The molecule has 1 aliphatic carbocycles. The van der Waals surface area contributed by atoms with Crippen molar-refractivity contribution in [3.05, 3.63) is 181 Å². The summed E-state index contributed by atoms with van der Waals surface area (Å²) in [6.07, 6.45) is 0. The second-order valence-corrected chi connectivity index (χ2v) is 14.8. The first-order valence-corrected chi connectivity index (χ1v) is 18.5. The minimum Gasteiger partial charge on any atom is -0.277 e. The first kappa shape index (κ1) is 30.7. The third-order valence-corrected chi connectivity index (χ3v) is 11.4. The van der Waals surface area contributed by atoms with Crippen LogP contribution in [0.2, 0.25) is 0 Å². The highest BCUT2D eigenvalue weighted by Gasteiger charge is 2.40. The predicted molar refractivity (Wildman–Crippen MR) is 223 cm³/mol. The molecule has 0 aliphatic heterocycles. The number of rotatable bonds is 4. The van der Waals surface area contributed by atoms with Gasteiger partial charge in [-0.3, -0.25) is 4.57 Å². The topological polar surface area (TPSA) is 43.6 Å².